The molecule has 26 heavy (non-hydrogen) atoms. The van der Waals surface area contributed by atoms with Gasteiger partial charge in [-0.2, -0.15) is 44.2 Å². The van der Waals surface area contributed by atoms with Crippen LogP contribution in [0, 0.1) is 0 Å². The average Bonchev–Trinajstić information content (AvgIpc) is 2.42. The summed E-state index contributed by atoms with van der Waals surface area (Å²) < 4.78 is 108. The molecular weight excluding hydrogens is 428 g/mol. The SMILES string of the molecule is O=C(CCC(=O)OOCC(F)(F)S(=O)(=O)O)OOCC(F)(F)S(=O)(=O)O. The van der Waals surface area contributed by atoms with E-state index in [1.165, 1.54) is 0 Å². The molecule has 0 aromatic heterocycles. The number of rotatable bonds is 11. The normalized spacial score (nSPS) is 13.3. The molecule has 0 aliphatic rings. The van der Waals surface area contributed by atoms with Gasteiger partial charge in [0, 0.05) is 0 Å². The zero-order valence-electron chi connectivity index (χ0n) is 12.1. The lowest BCUT2D eigenvalue weighted by Gasteiger charge is -2.12. The van der Waals surface area contributed by atoms with E-state index in [0.717, 1.165) is 0 Å². The van der Waals surface area contributed by atoms with Crippen LogP contribution in [0.3, 0.4) is 0 Å². The van der Waals surface area contributed by atoms with Gasteiger partial charge in [0.15, 0.2) is 13.2 Å². The molecule has 0 unspecified atom stereocenters. The molecule has 0 saturated carbocycles. The van der Waals surface area contributed by atoms with Gasteiger partial charge >= 0.3 is 42.7 Å². The maximum Gasteiger partial charge on any atom is 0.396 e. The maximum atomic E-state index is 12.6. The molecule has 18 heteroatoms. The Morgan fingerprint density at radius 1 is 0.731 bits per heavy atom. The van der Waals surface area contributed by atoms with Crippen LogP contribution in [-0.4, -0.2) is 61.6 Å². The van der Waals surface area contributed by atoms with Gasteiger partial charge in [0.05, 0.1) is 12.8 Å². The largest absolute Gasteiger partial charge is 0.396 e. The van der Waals surface area contributed by atoms with Crippen molar-refractivity contribution in [2.45, 2.75) is 23.4 Å². The molecular formula is C8H10F4O12S2. The lowest BCUT2D eigenvalue weighted by molar-refractivity contribution is -0.293. The van der Waals surface area contributed by atoms with Gasteiger partial charge in [-0.15, -0.1) is 0 Å². The van der Waals surface area contributed by atoms with E-state index in [4.69, 9.17) is 9.11 Å². The van der Waals surface area contributed by atoms with Gasteiger partial charge in [0.25, 0.3) is 0 Å². The van der Waals surface area contributed by atoms with Crippen molar-refractivity contribution in [2.24, 2.45) is 0 Å². The van der Waals surface area contributed by atoms with E-state index in [1.807, 2.05) is 0 Å². The second kappa shape index (κ2) is 8.86. The van der Waals surface area contributed by atoms with Crippen LogP contribution in [0.15, 0.2) is 0 Å². The second-order valence-corrected chi connectivity index (χ2v) is 7.25. The minimum absolute atomic E-state index is 0.936. The van der Waals surface area contributed by atoms with Crippen LogP contribution >= 0.6 is 0 Å². The molecule has 0 spiro atoms. The first-order valence-electron chi connectivity index (χ1n) is 5.84. The highest BCUT2D eigenvalue weighted by Crippen LogP contribution is 2.21. The number of carbonyl (C=O) groups is 2. The summed E-state index contributed by atoms with van der Waals surface area (Å²) in [6, 6.07) is 0. The van der Waals surface area contributed by atoms with Crippen molar-refractivity contribution < 1.29 is 72.6 Å². The van der Waals surface area contributed by atoms with Gasteiger partial charge in [-0.05, 0) is 0 Å². The summed E-state index contributed by atoms with van der Waals surface area (Å²) in [7, 11) is -11.6. The molecule has 0 atom stereocenters. The number of hydrogen-bond acceptors (Lipinski definition) is 10. The van der Waals surface area contributed by atoms with Crippen molar-refractivity contribution in [3.8, 4) is 0 Å². The van der Waals surface area contributed by atoms with Gasteiger partial charge in [0.1, 0.15) is 0 Å². The van der Waals surface area contributed by atoms with E-state index in [9.17, 15) is 44.0 Å². The second-order valence-electron chi connectivity index (χ2n) is 4.16. The minimum Gasteiger partial charge on any atom is -0.298 e. The molecule has 0 aromatic rings. The van der Waals surface area contributed by atoms with E-state index in [1.54, 1.807) is 0 Å². The highest BCUT2D eigenvalue weighted by Gasteiger charge is 2.46. The Kier molecular flexibility index (Phi) is 8.32. The van der Waals surface area contributed by atoms with Crippen molar-refractivity contribution >= 4 is 32.2 Å². The first kappa shape index (κ1) is 24.4. The van der Waals surface area contributed by atoms with E-state index in [2.05, 4.69) is 19.6 Å². The Bertz CT molecular complexity index is 654. The molecule has 2 N–H and O–H groups in total. The zero-order chi connectivity index (χ0) is 20.8. The van der Waals surface area contributed by atoms with Crippen molar-refractivity contribution in [2.75, 3.05) is 13.2 Å². The Balaban J connectivity index is 4.12. The quantitative estimate of drug-likeness (QED) is 0.186. The number of alkyl halides is 4. The van der Waals surface area contributed by atoms with Gasteiger partial charge in [-0.25, -0.2) is 9.59 Å². The van der Waals surface area contributed by atoms with Crippen molar-refractivity contribution in [1.29, 1.82) is 0 Å². The summed E-state index contributed by atoms with van der Waals surface area (Å²) in [5.41, 5.74) is 0. The molecule has 0 bridgehead atoms. The highest BCUT2D eigenvalue weighted by atomic mass is 32.2. The predicted octanol–water partition coefficient (Wildman–Crippen LogP) is -0.323. The molecule has 0 fully saturated rings. The third kappa shape index (κ3) is 8.19. The minimum atomic E-state index is -5.82. The predicted molar refractivity (Wildman–Crippen MR) is 66.3 cm³/mol. The van der Waals surface area contributed by atoms with Crippen LogP contribution in [0.1, 0.15) is 12.8 Å². The van der Waals surface area contributed by atoms with Crippen LogP contribution in [-0.2, 0) is 49.4 Å². The molecule has 154 valence electrons. The molecule has 0 amide bonds. The van der Waals surface area contributed by atoms with Gasteiger partial charge < -0.3 is 0 Å². The van der Waals surface area contributed by atoms with E-state index >= 15 is 0 Å². The van der Waals surface area contributed by atoms with Gasteiger partial charge in [-0.1, -0.05) is 0 Å². The van der Waals surface area contributed by atoms with E-state index in [0.29, 0.717) is 0 Å². The van der Waals surface area contributed by atoms with Gasteiger partial charge in [-0.3, -0.25) is 18.9 Å². The topological polar surface area (TPSA) is 180 Å². The molecule has 0 heterocycles. The van der Waals surface area contributed by atoms with Crippen LogP contribution in [0.4, 0.5) is 17.6 Å². The van der Waals surface area contributed by atoms with Crippen molar-refractivity contribution in [3.05, 3.63) is 0 Å². The van der Waals surface area contributed by atoms with Crippen LogP contribution in [0.25, 0.3) is 0 Å². The van der Waals surface area contributed by atoms with Crippen molar-refractivity contribution in [1.82, 2.24) is 0 Å². The van der Waals surface area contributed by atoms with Crippen LogP contribution in [0.2, 0.25) is 0 Å². The summed E-state index contributed by atoms with van der Waals surface area (Å²) in [6.07, 6.45) is -1.87. The summed E-state index contributed by atoms with van der Waals surface area (Å²) in [4.78, 5) is 36.4. The zero-order valence-corrected chi connectivity index (χ0v) is 13.8. The molecule has 0 saturated heterocycles. The lowest BCUT2D eigenvalue weighted by Crippen LogP contribution is -2.34. The Labute approximate surface area is 142 Å². The van der Waals surface area contributed by atoms with Crippen molar-refractivity contribution in [3.63, 3.8) is 0 Å². The first-order valence-corrected chi connectivity index (χ1v) is 8.72. The fourth-order valence-corrected chi connectivity index (χ4v) is 1.16. The Hall–Kier alpha value is -1.60. The Morgan fingerprint density at radius 3 is 1.23 bits per heavy atom. The fourth-order valence-electron chi connectivity index (χ4n) is 0.764. The summed E-state index contributed by atoms with van der Waals surface area (Å²) >= 11 is 0. The Morgan fingerprint density at radius 2 is 1.00 bits per heavy atom. The third-order valence-electron chi connectivity index (χ3n) is 2.05. The van der Waals surface area contributed by atoms with E-state index < -0.39 is 68.7 Å². The van der Waals surface area contributed by atoms with Crippen LogP contribution in [0.5, 0.6) is 0 Å². The number of halogens is 4. The monoisotopic (exact) mass is 438 g/mol. The fraction of sp³-hybridized carbons (Fsp3) is 0.750. The summed E-state index contributed by atoms with van der Waals surface area (Å²) in [5.74, 6) is -3.01. The first-order chi connectivity index (χ1) is 11.5. The third-order valence-corrected chi connectivity index (χ3v) is 3.79. The van der Waals surface area contributed by atoms with Gasteiger partial charge in [0.2, 0.25) is 0 Å². The molecule has 0 radical (unpaired) electrons. The maximum absolute atomic E-state index is 12.6. The number of carbonyl (C=O) groups excluding carboxylic acids is 2. The summed E-state index contributed by atoms with van der Waals surface area (Å²) in [6.45, 7) is -4.12. The highest BCUT2D eigenvalue weighted by molar-refractivity contribution is 7.87. The molecule has 12 nitrogen and oxygen atoms in total. The standard InChI is InChI=1S/C8H10F4O12S2/c9-7(10,25(15,16)17)3-21-23-5(13)1-2-6(14)24-22-4-8(11,12)26(18,19)20/h1-4H2,(H,15,16,17)(H,18,19,20). The lowest BCUT2D eigenvalue weighted by atomic mass is 10.3. The molecule has 0 aromatic carbocycles. The smallest absolute Gasteiger partial charge is 0.298 e. The number of hydrogen-bond donors (Lipinski definition) is 2. The molecule has 0 aliphatic heterocycles. The average molecular weight is 438 g/mol. The van der Waals surface area contributed by atoms with E-state index in [-0.39, 0.29) is 0 Å². The van der Waals surface area contributed by atoms with Crippen LogP contribution < -0.4 is 0 Å². The molecule has 0 aliphatic carbocycles. The summed E-state index contributed by atoms with van der Waals surface area (Å²) in [5, 5.41) is -9.56. The molecule has 0 rings (SSSR count).